The fraction of sp³-hybridized carbons (Fsp3) is 0.385. The van der Waals surface area contributed by atoms with Crippen molar-refractivity contribution in [3.8, 4) is 5.75 Å². The van der Waals surface area contributed by atoms with Crippen LogP contribution in [0.5, 0.6) is 5.75 Å². The molecule has 2 aliphatic carbocycles. The molecule has 2 fully saturated rings. The smallest absolute Gasteiger partial charge is 0.251 e. The van der Waals surface area contributed by atoms with Gasteiger partial charge in [-0.2, -0.15) is 0 Å². The number of rotatable bonds is 13. The Hall–Kier alpha value is -5.90. The Labute approximate surface area is 397 Å². The lowest BCUT2D eigenvalue weighted by atomic mass is 9.89. The van der Waals surface area contributed by atoms with E-state index in [4.69, 9.17) is 4.74 Å². The van der Waals surface area contributed by atoms with Crippen LogP contribution < -0.4 is 35.6 Å². The lowest BCUT2D eigenvalue weighted by Crippen LogP contribution is -2.53. The summed E-state index contributed by atoms with van der Waals surface area (Å²) in [5, 5.41) is 14.3. The number of hydrogen-bond acceptors (Lipinski definition) is 9. The van der Waals surface area contributed by atoms with E-state index >= 15 is 0 Å². The molecule has 352 valence electrons. The van der Waals surface area contributed by atoms with E-state index in [1.54, 1.807) is 48.5 Å². The molecule has 1 aliphatic heterocycles. The summed E-state index contributed by atoms with van der Waals surface area (Å²) in [6.45, 7) is 0.614. The molecule has 5 N–H and O–H groups in total. The highest BCUT2D eigenvalue weighted by molar-refractivity contribution is 7.99. The van der Waals surface area contributed by atoms with E-state index in [9.17, 15) is 27.6 Å². The number of ether oxygens (including phenoxy) is 1. The van der Waals surface area contributed by atoms with Crippen molar-refractivity contribution in [2.24, 2.45) is 0 Å². The van der Waals surface area contributed by atoms with Crippen LogP contribution in [0.4, 0.5) is 5.69 Å². The van der Waals surface area contributed by atoms with Gasteiger partial charge in [0.15, 0.2) is 0 Å². The van der Waals surface area contributed by atoms with Crippen molar-refractivity contribution in [1.29, 1.82) is 0 Å². The first-order valence-corrected chi connectivity index (χ1v) is 25.8. The first kappa shape index (κ1) is 47.6. The third-order valence-corrected chi connectivity index (χ3v) is 15.4. The molecule has 67 heavy (non-hydrogen) atoms. The summed E-state index contributed by atoms with van der Waals surface area (Å²) in [6.07, 6.45) is 8.98. The van der Waals surface area contributed by atoms with E-state index in [2.05, 4.69) is 26.0 Å². The van der Waals surface area contributed by atoms with Crippen LogP contribution in [0.15, 0.2) is 118 Å². The van der Waals surface area contributed by atoms with Gasteiger partial charge in [0.1, 0.15) is 5.75 Å². The van der Waals surface area contributed by atoms with Gasteiger partial charge in [-0.1, -0.05) is 92.8 Å². The van der Waals surface area contributed by atoms with E-state index < -0.39 is 10.0 Å². The minimum Gasteiger partial charge on any atom is -0.494 e. The van der Waals surface area contributed by atoms with Crippen LogP contribution in [0.2, 0.25) is 0 Å². The molecule has 0 spiro atoms. The van der Waals surface area contributed by atoms with Gasteiger partial charge >= 0.3 is 0 Å². The number of nitrogens with zero attached hydrogens (tertiary/aromatic N) is 1. The molecule has 4 amide bonds. The molecule has 3 aliphatic rings. The number of carbonyl (C=O) groups excluding carboxylic acids is 4. The Bertz CT molecular complexity index is 2630. The Morgan fingerprint density at radius 1 is 0.567 bits per heavy atom. The lowest BCUT2D eigenvalue weighted by molar-refractivity contribution is 0.0854. The minimum atomic E-state index is -3.74. The molecule has 4 atom stereocenters. The van der Waals surface area contributed by atoms with Crippen LogP contribution in [0.25, 0.3) is 10.8 Å². The first-order chi connectivity index (χ1) is 32.4. The summed E-state index contributed by atoms with van der Waals surface area (Å²) >= 11 is 1.47. The second kappa shape index (κ2) is 21.8. The van der Waals surface area contributed by atoms with Crippen LogP contribution in [0, 0.1) is 0 Å². The van der Waals surface area contributed by atoms with Crippen LogP contribution in [-0.4, -0.2) is 83.5 Å². The second-order valence-electron chi connectivity index (χ2n) is 18.0. The Morgan fingerprint density at radius 2 is 1.06 bits per heavy atom. The number of amides is 4. The molecule has 0 saturated heterocycles. The van der Waals surface area contributed by atoms with Gasteiger partial charge in [-0.15, -0.1) is 0 Å². The topological polar surface area (TPSA) is 175 Å². The van der Waals surface area contributed by atoms with Crippen molar-refractivity contribution in [1.82, 2.24) is 26.0 Å². The first-order valence-electron chi connectivity index (χ1n) is 23.5. The predicted molar refractivity (Wildman–Crippen MR) is 263 cm³/mol. The van der Waals surface area contributed by atoms with Gasteiger partial charge in [0, 0.05) is 93.3 Å². The molecule has 5 aromatic carbocycles. The van der Waals surface area contributed by atoms with Crippen molar-refractivity contribution >= 4 is 61.9 Å². The number of benzene rings is 5. The Kier molecular flexibility index (Phi) is 15.5. The molecule has 13 nitrogen and oxygen atoms in total. The van der Waals surface area contributed by atoms with Crippen molar-refractivity contribution in [3.05, 3.63) is 125 Å². The largest absolute Gasteiger partial charge is 0.494 e. The molecule has 1 heterocycles. The molecule has 0 unspecified atom stereocenters. The SMILES string of the molecule is CN(C)c1cccc2c(S(=O)(=O)NCCCCCCOc3cc4cc(c3)C(=O)N[C@@H]3CCCC[C@H]3NC(=O)c3cc(Sc5ccccc5)cc(c3)C(=O)N[C@@H]3CCCC[C@H]3NC4=O)cccc12. The van der Waals surface area contributed by atoms with E-state index in [0.717, 1.165) is 59.4 Å². The van der Waals surface area contributed by atoms with Gasteiger partial charge in [-0.05, 0) is 99.2 Å². The Balaban J connectivity index is 0.945. The van der Waals surface area contributed by atoms with E-state index in [1.165, 1.54) is 11.8 Å². The van der Waals surface area contributed by atoms with Crippen molar-refractivity contribution in [2.45, 2.75) is 116 Å². The highest BCUT2D eigenvalue weighted by Gasteiger charge is 2.32. The summed E-state index contributed by atoms with van der Waals surface area (Å²) in [4.78, 5) is 60.3. The highest BCUT2D eigenvalue weighted by Crippen LogP contribution is 2.32. The van der Waals surface area contributed by atoms with Crippen molar-refractivity contribution < 1.29 is 32.3 Å². The number of hydrogen-bond donors (Lipinski definition) is 5. The molecule has 5 aromatic rings. The summed E-state index contributed by atoms with van der Waals surface area (Å²) in [7, 11) is 0.128. The highest BCUT2D eigenvalue weighted by atomic mass is 32.2. The zero-order valence-electron chi connectivity index (χ0n) is 38.1. The quantitative estimate of drug-likeness (QED) is 0.0729. The summed E-state index contributed by atoms with van der Waals surface area (Å²) < 4.78 is 35.7. The summed E-state index contributed by atoms with van der Waals surface area (Å²) in [6, 6.07) is 29.4. The number of nitrogens with one attached hydrogen (secondary N) is 5. The van der Waals surface area contributed by atoms with Gasteiger partial charge in [0.25, 0.3) is 23.6 Å². The second-order valence-corrected chi connectivity index (χ2v) is 20.9. The van der Waals surface area contributed by atoms with E-state index in [1.807, 2.05) is 73.6 Å². The lowest BCUT2D eigenvalue weighted by Gasteiger charge is -2.33. The molecule has 15 heteroatoms. The van der Waals surface area contributed by atoms with E-state index in [-0.39, 0.29) is 63.8 Å². The maximum Gasteiger partial charge on any atom is 0.251 e. The zero-order valence-corrected chi connectivity index (χ0v) is 39.8. The Morgan fingerprint density at radius 3 is 1.60 bits per heavy atom. The molecular weight excluding hydrogens is 885 g/mol. The minimum absolute atomic E-state index is 0.255. The van der Waals surface area contributed by atoms with Gasteiger partial charge in [0.05, 0.1) is 11.5 Å². The van der Waals surface area contributed by atoms with Crippen LogP contribution in [-0.2, 0) is 10.0 Å². The molecule has 2 saturated carbocycles. The fourth-order valence-corrected chi connectivity index (χ4v) is 11.6. The van der Waals surface area contributed by atoms with E-state index in [0.29, 0.717) is 73.9 Å². The number of anilines is 1. The molecule has 8 rings (SSSR count). The number of carbonyl (C=O) groups is 4. The molecule has 4 bridgehead atoms. The normalized spacial score (nSPS) is 20.2. The molecule has 0 aromatic heterocycles. The van der Waals surface area contributed by atoms with Crippen LogP contribution in [0.1, 0.15) is 118 Å². The summed E-state index contributed by atoms with van der Waals surface area (Å²) in [5.74, 6) is -1.02. The van der Waals surface area contributed by atoms with Gasteiger partial charge in [-0.3, -0.25) is 19.2 Å². The van der Waals surface area contributed by atoms with Gasteiger partial charge in [0.2, 0.25) is 10.0 Å². The number of fused-ring (bicyclic) bond motifs is 7. The van der Waals surface area contributed by atoms with Gasteiger partial charge in [-0.25, -0.2) is 13.1 Å². The fourth-order valence-electron chi connectivity index (χ4n) is 9.39. The number of unbranched alkanes of at least 4 members (excludes halogenated alkanes) is 3. The monoisotopic (exact) mass is 944 g/mol. The van der Waals surface area contributed by atoms with Crippen molar-refractivity contribution in [2.75, 3.05) is 32.1 Å². The molecular formula is C52H60N6O7S2. The average molecular weight is 945 g/mol. The van der Waals surface area contributed by atoms with Crippen LogP contribution in [0.3, 0.4) is 0 Å². The maximum absolute atomic E-state index is 14.1. The maximum atomic E-state index is 14.1. The zero-order chi connectivity index (χ0) is 46.9. The standard InChI is InChI=1S/C52H60N6O7S2/c1-58(2)47-24-14-19-42-41(47)18-15-25-48(42)67(63,64)53-26-12-3-4-13-27-65-38-30-34-28-35(31-38)50(60)55-44-21-9-11-23-46(44)57-52(62)37-29-36(32-40(33-37)66-39-16-6-5-7-17-39)51(61)56-45-22-10-8-20-43(45)54-49(34)59/h5-7,14-19,24-25,28-33,43-46,53H,3-4,8-13,20-23,26-27H2,1-2H3,(H,54,59)(H,55,60)(H,56,61)(H,57,62)/t43-,44-,45-,46-/m1/s1. The third kappa shape index (κ3) is 12.0. The molecule has 0 radical (unpaired) electrons. The van der Waals surface area contributed by atoms with Gasteiger partial charge < -0.3 is 30.9 Å². The third-order valence-electron chi connectivity index (χ3n) is 12.9. The predicted octanol–water partition coefficient (Wildman–Crippen LogP) is 8.23. The van der Waals surface area contributed by atoms with Crippen molar-refractivity contribution in [3.63, 3.8) is 0 Å². The number of sulfonamides is 1. The summed E-state index contributed by atoms with van der Waals surface area (Å²) in [5.41, 5.74) is 2.18. The van der Waals surface area contributed by atoms with Crippen LogP contribution >= 0.6 is 11.8 Å². The average Bonchev–Trinajstić information content (AvgIpc) is 3.32.